The minimum Gasteiger partial charge on any atom is -0.475 e. The van der Waals surface area contributed by atoms with Gasteiger partial charge in [0, 0.05) is 29.1 Å². The van der Waals surface area contributed by atoms with E-state index < -0.39 is 16.9 Å². The van der Waals surface area contributed by atoms with Gasteiger partial charge in [-0.25, -0.2) is 9.59 Å². The minimum absolute atomic E-state index is 0.0690. The Kier molecular flexibility index (Phi) is 4.84. The van der Waals surface area contributed by atoms with Crippen LogP contribution in [0.15, 0.2) is 65.1 Å². The highest BCUT2D eigenvalue weighted by atomic mass is 16.6. The molecule has 0 saturated heterocycles. The number of carboxylic acid groups (broad SMARTS) is 1. The second-order valence-electron chi connectivity index (χ2n) is 5.43. The normalized spacial score (nSPS) is 10.2. The number of urea groups is 1. The van der Waals surface area contributed by atoms with Crippen LogP contribution in [0.1, 0.15) is 10.6 Å². The molecule has 0 unspecified atom stereocenters. The van der Waals surface area contributed by atoms with Crippen LogP contribution >= 0.6 is 0 Å². The largest absolute Gasteiger partial charge is 0.475 e. The summed E-state index contributed by atoms with van der Waals surface area (Å²) in [6.45, 7) is 0. The number of carbonyl (C=O) groups is 2. The average Bonchev–Trinajstić information content (AvgIpc) is 3.13. The Bertz CT molecular complexity index is 993. The number of carboxylic acids is 1. The molecule has 1 heterocycles. The maximum absolute atomic E-state index is 12.0. The number of nitrogens with one attached hydrogen (secondary N) is 2. The fourth-order valence-electron chi connectivity index (χ4n) is 2.29. The van der Waals surface area contributed by atoms with Gasteiger partial charge in [0.25, 0.3) is 5.69 Å². The summed E-state index contributed by atoms with van der Waals surface area (Å²) in [5, 5.41) is 24.7. The van der Waals surface area contributed by atoms with Crippen molar-refractivity contribution < 1.29 is 24.0 Å². The molecule has 2 amide bonds. The van der Waals surface area contributed by atoms with Crippen LogP contribution in [0.5, 0.6) is 0 Å². The Morgan fingerprint density at radius 2 is 1.44 bits per heavy atom. The van der Waals surface area contributed by atoms with Crippen LogP contribution in [-0.4, -0.2) is 22.0 Å². The smallest absolute Gasteiger partial charge is 0.371 e. The number of nitro groups is 1. The summed E-state index contributed by atoms with van der Waals surface area (Å²) in [7, 11) is 0. The fraction of sp³-hybridized carbons (Fsp3) is 0. The minimum atomic E-state index is -1.15. The van der Waals surface area contributed by atoms with Crippen LogP contribution in [-0.2, 0) is 0 Å². The van der Waals surface area contributed by atoms with Gasteiger partial charge in [-0.15, -0.1) is 0 Å². The lowest BCUT2D eigenvalue weighted by Crippen LogP contribution is -2.19. The van der Waals surface area contributed by atoms with Crippen LogP contribution in [0.4, 0.5) is 21.9 Å². The molecule has 3 rings (SSSR count). The van der Waals surface area contributed by atoms with E-state index >= 15 is 0 Å². The summed E-state index contributed by atoms with van der Waals surface area (Å²) in [5.41, 5.74) is 1.50. The van der Waals surface area contributed by atoms with E-state index in [-0.39, 0.29) is 11.4 Å². The van der Waals surface area contributed by atoms with Crippen LogP contribution in [0.25, 0.3) is 11.3 Å². The highest BCUT2D eigenvalue weighted by Crippen LogP contribution is 2.24. The number of benzene rings is 2. The van der Waals surface area contributed by atoms with Crippen molar-refractivity contribution in [2.24, 2.45) is 0 Å². The van der Waals surface area contributed by atoms with E-state index in [1.807, 2.05) is 0 Å². The van der Waals surface area contributed by atoms with E-state index in [9.17, 15) is 19.7 Å². The molecular formula is C18H13N3O6. The summed E-state index contributed by atoms with van der Waals surface area (Å²) < 4.78 is 5.21. The van der Waals surface area contributed by atoms with Crippen molar-refractivity contribution in [2.75, 3.05) is 10.6 Å². The van der Waals surface area contributed by atoms with Gasteiger partial charge < -0.3 is 20.2 Å². The van der Waals surface area contributed by atoms with Gasteiger partial charge in [-0.2, -0.15) is 0 Å². The number of aromatic carboxylic acids is 1. The first-order chi connectivity index (χ1) is 12.9. The number of hydrogen-bond acceptors (Lipinski definition) is 5. The lowest BCUT2D eigenvalue weighted by molar-refractivity contribution is -0.384. The molecule has 0 fully saturated rings. The molecule has 0 bridgehead atoms. The highest BCUT2D eigenvalue weighted by Gasteiger charge is 2.11. The number of amides is 2. The zero-order valence-corrected chi connectivity index (χ0v) is 13.7. The predicted octanol–water partition coefficient (Wildman–Crippen LogP) is 4.20. The third-order valence-electron chi connectivity index (χ3n) is 3.58. The molecule has 0 atom stereocenters. The van der Waals surface area contributed by atoms with Gasteiger partial charge in [-0.1, -0.05) is 0 Å². The maximum atomic E-state index is 12.0. The van der Waals surface area contributed by atoms with Crippen molar-refractivity contribution >= 4 is 29.1 Å². The molecule has 0 saturated carbocycles. The molecule has 9 nitrogen and oxygen atoms in total. The summed E-state index contributed by atoms with van der Waals surface area (Å²) in [6.07, 6.45) is 0. The Morgan fingerprint density at radius 3 is 1.93 bits per heavy atom. The van der Waals surface area contributed by atoms with Crippen LogP contribution in [0.2, 0.25) is 0 Å². The second-order valence-corrected chi connectivity index (χ2v) is 5.43. The SMILES string of the molecule is O=C(Nc1ccc(-c2ccc(C(=O)O)o2)cc1)Nc1ccc([N+](=O)[O-])cc1. The Hall–Kier alpha value is -4.14. The number of hydrogen-bond donors (Lipinski definition) is 3. The lowest BCUT2D eigenvalue weighted by Gasteiger charge is -2.08. The van der Waals surface area contributed by atoms with Crippen LogP contribution in [0, 0.1) is 10.1 Å². The number of nitro benzene ring substituents is 1. The van der Waals surface area contributed by atoms with E-state index in [4.69, 9.17) is 9.52 Å². The lowest BCUT2D eigenvalue weighted by atomic mass is 10.1. The average molecular weight is 367 g/mol. The molecule has 136 valence electrons. The van der Waals surface area contributed by atoms with Crippen LogP contribution in [0.3, 0.4) is 0 Å². The first kappa shape index (κ1) is 17.7. The van der Waals surface area contributed by atoms with Gasteiger partial charge in [-0.3, -0.25) is 10.1 Å². The maximum Gasteiger partial charge on any atom is 0.371 e. The van der Waals surface area contributed by atoms with E-state index in [0.29, 0.717) is 22.7 Å². The number of furan rings is 1. The first-order valence-corrected chi connectivity index (χ1v) is 7.68. The molecule has 3 N–H and O–H groups in total. The molecule has 0 aliphatic rings. The Morgan fingerprint density at radius 1 is 0.889 bits per heavy atom. The second kappa shape index (κ2) is 7.40. The first-order valence-electron chi connectivity index (χ1n) is 7.68. The van der Waals surface area contributed by atoms with Crippen molar-refractivity contribution in [3.63, 3.8) is 0 Å². The van der Waals surface area contributed by atoms with E-state index in [1.165, 1.54) is 30.3 Å². The number of nitrogens with zero attached hydrogens (tertiary/aromatic N) is 1. The molecule has 0 aliphatic carbocycles. The van der Waals surface area contributed by atoms with E-state index in [1.54, 1.807) is 30.3 Å². The van der Waals surface area contributed by atoms with Crippen molar-refractivity contribution in [3.05, 3.63) is 76.5 Å². The van der Waals surface area contributed by atoms with Gasteiger partial charge in [-0.05, 0) is 48.5 Å². The van der Waals surface area contributed by atoms with Crippen molar-refractivity contribution in [3.8, 4) is 11.3 Å². The van der Waals surface area contributed by atoms with Crippen molar-refractivity contribution in [1.29, 1.82) is 0 Å². The number of non-ortho nitro benzene ring substituents is 1. The van der Waals surface area contributed by atoms with Gasteiger partial charge >= 0.3 is 12.0 Å². The Labute approximate surface area is 152 Å². The Balaban J connectivity index is 1.62. The van der Waals surface area contributed by atoms with Crippen molar-refractivity contribution in [1.82, 2.24) is 0 Å². The molecular weight excluding hydrogens is 354 g/mol. The summed E-state index contributed by atoms with van der Waals surface area (Å²) in [5.74, 6) is -0.911. The highest BCUT2D eigenvalue weighted by molar-refractivity contribution is 5.99. The zero-order valence-electron chi connectivity index (χ0n) is 13.7. The van der Waals surface area contributed by atoms with E-state index in [2.05, 4.69) is 10.6 Å². The van der Waals surface area contributed by atoms with Gasteiger partial charge in [0.05, 0.1) is 4.92 Å². The molecule has 0 radical (unpaired) electrons. The monoisotopic (exact) mass is 367 g/mol. The standard InChI is InChI=1S/C18H13N3O6/c22-17(23)16-10-9-15(27-16)11-1-3-12(4-2-11)19-18(24)20-13-5-7-14(8-6-13)21(25)26/h1-10H,(H,22,23)(H2,19,20,24). The third-order valence-corrected chi connectivity index (χ3v) is 3.58. The van der Waals surface area contributed by atoms with Gasteiger partial charge in [0.15, 0.2) is 0 Å². The quantitative estimate of drug-likeness (QED) is 0.457. The molecule has 1 aromatic heterocycles. The number of carbonyl (C=O) groups excluding carboxylic acids is 1. The predicted molar refractivity (Wildman–Crippen MR) is 96.8 cm³/mol. The topological polar surface area (TPSA) is 135 Å². The van der Waals surface area contributed by atoms with E-state index in [0.717, 1.165) is 0 Å². The van der Waals surface area contributed by atoms with Crippen molar-refractivity contribution in [2.45, 2.75) is 0 Å². The fourth-order valence-corrected chi connectivity index (χ4v) is 2.29. The molecule has 9 heteroatoms. The number of anilines is 2. The van der Waals surface area contributed by atoms with Gasteiger partial charge in [0.1, 0.15) is 5.76 Å². The molecule has 3 aromatic rings. The third kappa shape index (κ3) is 4.28. The zero-order chi connectivity index (χ0) is 19.4. The molecule has 0 spiro atoms. The van der Waals surface area contributed by atoms with Crippen LogP contribution < -0.4 is 10.6 Å². The number of rotatable bonds is 5. The molecule has 2 aromatic carbocycles. The molecule has 0 aliphatic heterocycles. The van der Waals surface area contributed by atoms with Gasteiger partial charge in [0.2, 0.25) is 5.76 Å². The molecule has 27 heavy (non-hydrogen) atoms. The summed E-state index contributed by atoms with van der Waals surface area (Å²) in [4.78, 5) is 32.9. The summed E-state index contributed by atoms with van der Waals surface area (Å²) >= 11 is 0. The summed E-state index contributed by atoms with van der Waals surface area (Å²) in [6, 6.07) is 14.4.